The van der Waals surface area contributed by atoms with Crippen LogP contribution in [-0.2, 0) is 16.1 Å². The van der Waals surface area contributed by atoms with Gasteiger partial charge in [0.25, 0.3) is 0 Å². The molecule has 3 heterocycles. The normalized spacial score (nSPS) is 21.1. The number of halogens is 1. The smallest absolute Gasteiger partial charge is 0.248 e. The van der Waals surface area contributed by atoms with Gasteiger partial charge in [0.15, 0.2) is 6.17 Å². The van der Waals surface area contributed by atoms with E-state index in [1.165, 1.54) is 4.68 Å². The number of carbonyl (C=O) groups is 2. The van der Waals surface area contributed by atoms with E-state index in [-0.39, 0.29) is 19.0 Å². The number of nitrogens with zero attached hydrogens (tertiary/aromatic N) is 4. The SMILES string of the molecule is Cc1ncsc1-c1ccc(CNC(=O)[C@@H]2[C@@H](F)[C@@H](O)CN2C(=O)[C@H](C(C)C)n2cccn2)cc1. The highest BCUT2D eigenvalue weighted by Crippen LogP contribution is 2.29. The summed E-state index contributed by atoms with van der Waals surface area (Å²) < 4.78 is 16.4. The summed E-state index contributed by atoms with van der Waals surface area (Å²) in [6.45, 7) is 5.60. The molecule has 0 radical (unpaired) electrons. The second kappa shape index (κ2) is 10.0. The molecule has 1 aliphatic rings. The highest BCUT2D eigenvalue weighted by atomic mass is 32.1. The van der Waals surface area contributed by atoms with Crippen LogP contribution in [0.2, 0.25) is 0 Å². The zero-order valence-electron chi connectivity index (χ0n) is 19.3. The van der Waals surface area contributed by atoms with E-state index in [2.05, 4.69) is 15.4 Å². The molecule has 0 bridgehead atoms. The van der Waals surface area contributed by atoms with Crippen molar-refractivity contribution in [3.05, 3.63) is 59.5 Å². The summed E-state index contributed by atoms with van der Waals surface area (Å²) in [5.74, 6) is -1.22. The maximum Gasteiger partial charge on any atom is 0.248 e. The number of β-amino-alcohol motifs (C(OH)–C–C–N with tert-alkyl or cyclic N) is 1. The molecule has 0 unspecified atom stereocenters. The number of hydrogen-bond donors (Lipinski definition) is 2. The average Bonchev–Trinajstić information content (AvgIpc) is 3.54. The van der Waals surface area contributed by atoms with Gasteiger partial charge in [-0.3, -0.25) is 14.3 Å². The summed E-state index contributed by atoms with van der Waals surface area (Å²) in [6.07, 6.45) is -0.0715. The van der Waals surface area contributed by atoms with E-state index < -0.39 is 36.2 Å². The lowest BCUT2D eigenvalue weighted by molar-refractivity contribution is -0.143. The van der Waals surface area contributed by atoms with E-state index in [0.29, 0.717) is 0 Å². The molecule has 8 nitrogen and oxygen atoms in total. The number of alkyl halides is 1. The molecule has 0 spiro atoms. The van der Waals surface area contributed by atoms with Crippen molar-refractivity contribution in [1.82, 2.24) is 25.0 Å². The zero-order valence-corrected chi connectivity index (χ0v) is 20.1. The van der Waals surface area contributed by atoms with Crippen LogP contribution in [0.4, 0.5) is 4.39 Å². The van der Waals surface area contributed by atoms with Gasteiger partial charge in [-0.05, 0) is 30.0 Å². The number of aryl methyl sites for hydroxylation is 1. The van der Waals surface area contributed by atoms with Crippen molar-refractivity contribution in [1.29, 1.82) is 0 Å². The Hall–Kier alpha value is -3.11. The van der Waals surface area contributed by atoms with Gasteiger partial charge >= 0.3 is 0 Å². The van der Waals surface area contributed by atoms with E-state index in [9.17, 15) is 19.1 Å². The van der Waals surface area contributed by atoms with Gasteiger partial charge in [0, 0.05) is 18.9 Å². The van der Waals surface area contributed by atoms with Crippen molar-refractivity contribution >= 4 is 23.2 Å². The molecule has 2 N–H and O–H groups in total. The second-order valence-electron chi connectivity index (χ2n) is 8.80. The van der Waals surface area contributed by atoms with Crippen LogP contribution in [0, 0.1) is 12.8 Å². The van der Waals surface area contributed by atoms with Crippen molar-refractivity contribution in [2.45, 2.75) is 51.7 Å². The van der Waals surface area contributed by atoms with Gasteiger partial charge in [-0.2, -0.15) is 5.10 Å². The third-order valence-electron chi connectivity index (χ3n) is 6.06. The van der Waals surface area contributed by atoms with Crippen LogP contribution in [-0.4, -0.2) is 61.4 Å². The molecule has 1 aromatic carbocycles. The predicted molar refractivity (Wildman–Crippen MR) is 127 cm³/mol. The number of aromatic nitrogens is 3. The van der Waals surface area contributed by atoms with Crippen molar-refractivity contribution < 1.29 is 19.1 Å². The Bertz CT molecular complexity index is 1130. The molecule has 34 heavy (non-hydrogen) atoms. The molecule has 0 saturated carbocycles. The van der Waals surface area contributed by atoms with Gasteiger partial charge < -0.3 is 15.3 Å². The van der Waals surface area contributed by atoms with E-state index in [1.54, 1.807) is 35.3 Å². The highest BCUT2D eigenvalue weighted by molar-refractivity contribution is 7.13. The van der Waals surface area contributed by atoms with Gasteiger partial charge in [0.1, 0.15) is 18.2 Å². The van der Waals surface area contributed by atoms with Gasteiger partial charge in [-0.15, -0.1) is 11.3 Å². The minimum absolute atomic E-state index is 0.146. The lowest BCUT2D eigenvalue weighted by Crippen LogP contribution is -2.51. The van der Waals surface area contributed by atoms with Crippen molar-refractivity contribution in [3.63, 3.8) is 0 Å². The van der Waals surface area contributed by atoms with Crippen molar-refractivity contribution in [3.8, 4) is 10.4 Å². The van der Waals surface area contributed by atoms with Gasteiger partial charge in [-0.25, -0.2) is 9.37 Å². The first kappa shape index (κ1) is 24.0. The first-order valence-electron chi connectivity index (χ1n) is 11.2. The number of aliphatic hydroxyl groups excluding tert-OH is 1. The number of aliphatic hydroxyl groups is 1. The average molecular weight is 486 g/mol. The first-order valence-corrected chi connectivity index (χ1v) is 12.0. The Balaban J connectivity index is 1.46. The lowest BCUT2D eigenvalue weighted by atomic mass is 10.0. The molecule has 1 saturated heterocycles. The lowest BCUT2D eigenvalue weighted by Gasteiger charge is -2.30. The Morgan fingerprint density at radius 3 is 2.62 bits per heavy atom. The van der Waals surface area contributed by atoms with Gasteiger partial charge in [0.2, 0.25) is 11.8 Å². The van der Waals surface area contributed by atoms with Crippen molar-refractivity contribution in [2.75, 3.05) is 6.54 Å². The summed E-state index contributed by atoms with van der Waals surface area (Å²) in [5.41, 5.74) is 4.63. The van der Waals surface area contributed by atoms with E-state index in [0.717, 1.165) is 26.6 Å². The summed E-state index contributed by atoms with van der Waals surface area (Å²) in [7, 11) is 0. The third-order valence-corrected chi connectivity index (χ3v) is 7.04. The number of amides is 2. The summed E-state index contributed by atoms with van der Waals surface area (Å²) in [4.78, 5) is 32.8. The Morgan fingerprint density at radius 2 is 2.03 bits per heavy atom. The van der Waals surface area contributed by atoms with Crippen molar-refractivity contribution in [2.24, 2.45) is 5.92 Å². The number of hydrogen-bond acceptors (Lipinski definition) is 6. The quantitative estimate of drug-likeness (QED) is 0.536. The largest absolute Gasteiger partial charge is 0.388 e. The Morgan fingerprint density at radius 1 is 1.29 bits per heavy atom. The number of thiazole rings is 1. The molecule has 1 fully saturated rings. The maximum absolute atomic E-state index is 14.9. The predicted octanol–water partition coefficient (Wildman–Crippen LogP) is 2.74. The molecular weight excluding hydrogens is 457 g/mol. The number of benzene rings is 1. The zero-order chi connectivity index (χ0) is 24.4. The van der Waals surface area contributed by atoms with Crippen LogP contribution in [0.25, 0.3) is 10.4 Å². The maximum atomic E-state index is 14.9. The van der Waals surface area contributed by atoms with Crippen LogP contribution in [0.5, 0.6) is 0 Å². The molecule has 2 amide bonds. The summed E-state index contributed by atoms with van der Waals surface area (Å²) in [6, 6.07) is 7.27. The van der Waals surface area contributed by atoms with Crippen LogP contribution in [0.15, 0.2) is 48.2 Å². The Labute approximate surface area is 201 Å². The van der Waals surface area contributed by atoms with E-state index in [1.807, 2.05) is 45.0 Å². The van der Waals surface area contributed by atoms with Crippen LogP contribution >= 0.6 is 11.3 Å². The molecular formula is C24H28FN5O3S. The second-order valence-corrected chi connectivity index (χ2v) is 9.66. The van der Waals surface area contributed by atoms with Crippen LogP contribution in [0.1, 0.15) is 31.1 Å². The Kier molecular flexibility index (Phi) is 7.08. The minimum atomic E-state index is -1.87. The number of nitrogens with one attached hydrogen (secondary N) is 1. The molecule has 1 aliphatic heterocycles. The standard InChI is InChI=1S/C24H28FN5O3S/c1-14(2)20(30-10-4-9-28-30)24(33)29-12-18(31)19(25)21(29)23(32)26-11-16-5-7-17(8-6-16)22-15(3)27-13-34-22/h4-10,13-14,18-21,31H,11-12H2,1-3H3,(H,26,32)/t18-,19-,20-,21-/m0/s1. The molecule has 4 rings (SSSR count). The fourth-order valence-corrected chi connectivity index (χ4v) is 5.09. The topological polar surface area (TPSA) is 100 Å². The van der Waals surface area contributed by atoms with Crippen LogP contribution < -0.4 is 5.32 Å². The first-order chi connectivity index (χ1) is 16.3. The molecule has 2 aromatic heterocycles. The van der Waals surface area contributed by atoms with E-state index in [4.69, 9.17) is 0 Å². The third kappa shape index (κ3) is 4.74. The monoisotopic (exact) mass is 485 g/mol. The van der Waals surface area contributed by atoms with Crippen LogP contribution in [0.3, 0.4) is 0 Å². The minimum Gasteiger partial charge on any atom is -0.388 e. The fourth-order valence-electron chi connectivity index (χ4n) is 4.28. The molecule has 10 heteroatoms. The fraction of sp³-hybridized carbons (Fsp3) is 0.417. The molecule has 0 aliphatic carbocycles. The number of likely N-dealkylation sites (tertiary alicyclic amines) is 1. The molecule has 3 aromatic rings. The molecule has 180 valence electrons. The highest BCUT2D eigenvalue weighted by Gasteiger charge is 2.49. The van der Waals surface area contributed by atoms with Gasteiger partial charge in [0.05, 0.1) is 22.6 Å². The summed E-state index contributed by atoms with van der Waals surface area (Å²) in [5, 5.41) is 17.0. The number of carbonyl (C=O) groups excluding carboxylic acids is 2. The number of rotatable bonds is 7. The van der Waals surface area contributed by atoms with E-state index >= 15 is 0 Å². The van der Waals surface area contributed by atoms with Gasteiger partial charge in [-0.1, -0.05) is 38.1 Å². The summed E-state index contributed by atoms with van der Waals surface area (Å²) >= 11 is 1.56. The molecule has 4 atom stereocenters.